The Balaban J connectivity index is 0.000000158. The highest BCUT2D eigenvalue weighted by atomic mass is 14.4. The molecule has 0 amide bonds. The van der Waals surface area contributed by atoms with Crippen LogP contribution in [0.4, 0.5) is 0 Å². The first-order valence-corrected chi connectivity index (χ1v) is 32.3. The number of benzene rings is 5. The molecule has 0 spiro atoms. The van der Waals surface area contributed by atoms with Gasteiger partial charge in [-0.25, -0.2) is 0 Å². The van der Waals surface area contributed by atoms with Crippen LogP contribution in [0.15, 0.2) is 91.0 Å². The zero-order valence-corrected chi connectivity index (χ0v) is 54.2. The highest BCUT2D eigenvalue weighted by Gasteiger charge is 2.30. The Labute approximate surface area is 482 Å². The van der Waals surface area contributed by atoms with E-state index in [0.29, 0.717) is 35.0 Å². The fourth-order valence-corrected chi connectivity index (χ4v) is 13.6. The monoisotopic (exact) mass is 1050 g/mol. The Morgan fingerprint density at radius 3 is 1.01 bits per heavy atom. The van der Waals surface area contributed by atoms with Crippen molar-refractivity contribution in [2.75, 3.05) is 0 Å². The molecule has 0 heterocycles. The van der Waals surface area contributed by atoms with Gasteiger partial charge in [0.1, 0.15) is 0 Å². The van der Waals surface area contributed by atoms with Gasteiger partial charge in [0.25, 0.3) is 0 Å². The number of hydrogen-bond acceptors (Lipinski definition) is 0. The van der Waals surface area contributed by atoms with Gasteiger partial charge < -0.3 is 0 Å². The van der Waals surface area contributed by atoms with E-state index in [9.17, 15) is 0 Å². The lowest BCUT2D eigenvalue weighted by Gasteiger charge is -2.35. The van der Waals surface area contributed by atoms with Crippen LogP contribution in [-0.4, -0.2) is 0 Å². The first-order chi connectivity index (χ1) is 36.7. The third-order valence-corrected chi connectivity index (χ3v) is 19.8. The van der Waals surface area contributed by atoms with Gasteiger partial charge in [0.2, 0.25) is 0 Å². The molecule has 0 bridgehead atoms. The number of fused-ring (bicyclic) bond motifs is 5. The molecule has 0 saturated heterocycles. The van der Waals surface area contributed by atoms with Gasteiger partial charge >= 0.3 is 0 Å². The molecule has 0 N–H and O–H groups in total. The lowest BCUT2D eigenvalue weighted by atomic mass is 9.70. The highest BCUT2D eigenvalue weighted by molar-refractivity contribution is 5.42. The predicted octanol–water partition coefficient (Wildman–Crippen LogP) is 22.7. The molecule has 78 heavy (non-hydrogen) atoms. The lowest BCUT2D eigenvalue weighted by molar-refractivity contribution is 0.216. The van der Waals surface area contributed by atoms with Crippen LogP contribution >= 0.6 is 0 Å². The Kier molecular flexibility index (Phi) is 22.9. The van der Waals surface area contributed by atoms with Crippen molar-refractivity contribution in [3.05, 3.63) is 174 Å². The molecule has 428 valence electrons. The van der Waals surface area contributed by atoms with Crippen molar-refractivity contribution in [2.45, 2.75) is 264 Å². The quantitative estimate of drug-likeness (QED) is 0.138. The van der Waals surface area contributed by atoms with Crippen LogP contribution in [0.1, 0.15) is 296 Å². The smallest absolute Gasteiger partial charge is 0.0133 e. The zero-order chi connectivity index (χ0) is 57.3. The van der Waals surface area contributed by atoms with Crippen molar-refractivity contribution >= 4 is 0 Å². The molecular formula is C78H116. The largest absolute Gasteiger partial charge is 0.0625 e. The SMILES string of the molecule is CC(C)c1ccc2c(c1)CC(C(C)C)C2.CC(C)c1ccc2c(c1)CC(C(C)C)CC2.CC(C)c1ccc2c(c1)CCC(C(C)(C)C)C2.CC(C)c1ccc2c(c1)CCC2C(C)C.CC(C)c1ccc2c(c1)CCC2C(C)C. The number of rotatable bonds is 9. The summed E-state index contributed by atoms with van der Waals surface area (Å²) in [7, 11) is 0. The summed E-state index contributed by atoms with van der Waals surface area (Å²) < 4.78 is 0. The molecule has 0 saturated carbocycles. The number of aryl methyl sites for hydroxylation is 4. The molecule has 5 atom stereocenters. The summed E-state index contributed by atoms with van der Waals surface area (Å²) in [6.07, 6.45) is 15.8. The van der Waals surface area contributed by atoms with Crippen LogP contribution in [0.5, 0.6) is 0 Å². The van der Waals surface area contributed by atoms with E-state index in [4.69, 9.17) is 0 Å². The fourth-order valence-electron chi connectivity index (χ4n) is 13.6. The van der Waals surface area contributed by atoms with Gasteiger partial charge in [-0.3, -0.25) is 0 Å². The summed E-state index contributed by atoms with van der Waals surface area (Å²) in [6, 6.07) is 35.6. The maximum absolute atomic E-state index is 2.45. The van der Waals surface area contributed by atoms with E-state index in [0.717, 1.165) is 53.3 Å². The van der Waals surface area contributed by atoms with Gasteiger partial charge in [-0.2, -0.15) is 0 Å². The molecule has 0 aromatic heterocycles. The van der Waals surface area contributed by atoms with Crippen LogP contribution in [-0.2, 0) is 51.4 Å². The predicted molar refractivity (Wildman–Crippen MR) is 346 cm³/mol. The number of hydrogen-bond donors (Lipinski definition) is 0. The standard InChI is InChI=1S/C17H26.C16H24.3C15H22/c1-12(2)13-6-7-15-11-16(17(3,4)5)9-8-14(15)10-13;1-11(2)14-7-5-13-6-8-15(12(3)4)10-16(13)9-14;2*1-10(2)12-5-8-15-13(9-12)6-7-14(15)11(3)4;1-10(2)12-5-6-13-8-14(11(3)4)9-15(13)7-12/h6-7,10,12,16H,8-9,11H2,1-5H3;5,7,9,11-12,15H,6,8,10H2,1-4H3;2*5,8-11,14H,6-7H2,1-4H3;5-7,10-11,14H,8-9H2,1-4H3. The topological polar surface area (TPSA) is 0 Å². The summed E-state index contributed by atoms with van der Waals surface area (Å²) in [6.45, 7) is 48.7. The first kappa shape index (κ1) is 63.3. The van der Waals surface area contributed by atoms with Gasteiger partial charge in [0.15, 0.2) is 0 Å². The molecule has 5 aromatic carbocycles. The summed E-state index contributed by atoms with van der Waals surface area (Å²) in [4.78, 5) is 0. The normalized spacial score (nSPS) is 20.2. The average Bonchev–Trinajstić information content (AvgIpc) is 4.16. The van der Waals surface area contributed by atoms with Crippen molar-refractivity contribution in [3.8, 4) is 0 Å². The second-order valence-corrected chi connectivity index (χ2v) is 29.5. The van der Waals surface area contributed by atoms with E-state index in [1.807, 2.05) is 0 Å². The van der Waals surface area contributed by atoms with Crippen LogP contribution in [0, 0.1) is 46.8 Å². The summed E-state index contributed by atoms with van der Waals surface area (Å²) in [5, 5.41) is 0. The maximum Gasteiger partial charge on any atom is -0.0133 e. The van der Waals surface area contributed by atoms with Gasteiger partial charge in [-0.05, 0) is 249 Å². The Hall–Kier alpha value is -3.90. The van der Waals surface area contributed by atoms with Crippen LogP contribution < -0.4 is 0 Å². The van der Waals surface area contributed by atoms with Crippen LogP contribution in [0.3, 0.4) is 0 Å². The minimum atomic E-state index is 0.453. The minimum absolute atomic E-state index is 0.453. The fraction of sp³-hybridized carbons (Fsp3) is 0.615. The maximum atomic E-state index is 2.45. The van der Waals surface area contributed by atoms with Gasteiger partial charge in [0, 0.05) is 0 Å². The van der Waals surface area contributed by atoms with E-state index >= 15 is 0 Å². The van der Waals surface area contributed by atoms with Crippen molar-refractivity contribution < 1.29 is 0 Å². The van der Waals surface area contributed by atoms with Crippen molar-refractivity contribution in [3.63, 3.8) is 0 Å². The molecule has 0 fully saturated rings. The van der Waals surface area contributed by atoms with E-state index in [2.05, 4.69) is 236 Å². The second-order valence-electron chi connectivity index (χ2n) is 29.5. The average molecular weight is 1050 g/mol. The highest BCUT2D eigenvalue weighted by Crippen LogP contribution is 2.42. The summed E-state index contributed by atoms with van der Waals surface area (Å²) in [5.41, 5.74) is 24.0. The Morgan fingerprint density at radius 2 is 0.615 bits per heavy atom. The first-order valence-electron chi connectivity index (χ1n) is 32.3. The molecule has 0 radical (unpaired) electrons. The van der Waals surface area contributed by atoms with Crippen molar-refractivity contribution in [1.82, 2.24) is 0 Å². The molecule has 5 aliphatic carbocycles. The Bertz CT molecular complexity index is 2580. The van der Waals surface area contributed by atoms with E-state index in [1.165, 1.54) is 105 Å². The van der Waals surface area contributed by atoms with E-state index in [1.54, 1.807) is 55.6 Å². The Morgan fingerprint density at radius 1 is 0.295 bits per heavy atom. The zero-order valence-electron chi connectivity index (χ0n) is 54.2. The molecule has 0 heteroatoms. The van der Waals surface area contributed by atoms with Crippen molar-refractivity contribution in [2.24, 2.45) is 46.8 Å². The second kappa shape index (κ2) is 28.2. The minimum Gasteiger partial charge on any atom is -0.0625 e. The van der Waals surface area contributed by atoms with Crippen molar-refractivity contribution in [1.29, 1.82) is 0 Å². The lowest BCUT2D eigenvalue weighted by Crippen LogP contribution is -2.26. The third-order valence-electron chi connectivity index (χ3n) is 19.8. The molecule has 5 aromatic rings. The van der Waals surface area contributed by atoms with Gasteiger partial charge in [0.05, 0.1) is 0 Å². The molecule has 10 rings (SSSR count). The van der Waals surface area contributed by atoms with Crippen LogP contribution in [0.2, 0.25) is 0 Å². The molecule has 5 aliphatic rings. The molecule has 0 aliphatic heterocycles. The van der Waals surface area contributed by atoms with Gasteiger partial charge in [-0.1, -0.05) is 236 Å². The van der Waals surface area contributed by atoms with E-state index < -0.39 is 0 Å². The van der Waals surface area contributed by atoms with E-state index in [-0.39, 0.29) is 0 Å². The molecule has 0 nitrogen and oxygen atoms in total. The van der Waals surface area contributed by atoms with Gasteiger partial charge in [-0.15, -0.1) is 0 Å². The van der Waals surface area contributed by atoms with Crippen LogP contribution in [0.25, 0.3) is 0 Å². The summed E-state index contributed by atoms with van der Waals surface area (Å²) in [5.74, 6) is 10.8. The molecule has 5 unspecified atom stereocenters. The third kappa shape index (κ3) is 16.8. The molecular weight excluding hydrogens is 937 g/mol. The summed E-state index contributed by atoms with van der Waals surface area (Å²) >= 11 is 0.